The summed E-state index contributed by atoms with van der Waals surface area (Å²) in [5.41, 5.74) is 14.7. The summed E-state index contributed by atoms with van der Waals surface area (Å²) in [7, 11) is 2.08. The summed E-state index contributed by atoms with van der Waals surface area (Å²) in [5.74, 6) is 1.87. The second kappa shape index (κ2) is 52.7. The van der Waals surface area contributed by atoms with Crippen molar-refractivity contribution in [3.05, 3.63) is 264 Å². The zero-order chi connectivity index (χ0) is 91.3. The lowest BCUT2D eigenvalue weighted by atomic mass is 9.84. The minimum atomic E-state index is -0.136. The summed E-state index contributed by atoms with van der Waals surface area (Å²) < 4.78 is 5.54. The van der Waals surface area contributed by atoms with E-state index in [-0.39, 0.29) is 56.4 Å². The molecule has 3 aromatic heterocycles. The molecule has 1 fully saturated rings. The van der Waals surface area contributed by atoms with Gasteiger partial charge >= 0.3 is 0 Å². The van der Waals surface area contributed by atoms with Crippen LogP contribution in [-0.2, 0) is 41.3 Å². The number of hydrogen-bond acceptors (Lipinski definition) is 10. The molecule has 0 aliphatic heterocycles. The van der Waals surface area contributed by atoms with Crippen molar-refractivity contribution in [2.24, 2.45) is 27.6 Å². The number of ether oxygens (including phenoxy) is 1. The van der Waals surface area contributed by atoms with Crippen molar-refractivity contribution in [3.8, 4) is 17.9 Å². The topological polar surface area (TPSA) is 151 Å². The molecule has 117 heavy (non-hydrogen) atoms. The summed E-state index contributed by atoms with van der Waals surface area (Å²) in [5, 5.41) is 38.6. The van der Waals surface area contributed by atoms with Crippen molar-refractivity contribution in [2.45, 2.75) is 338 Å². The van der Waals surface area contributed by atoms with E-state index in [0.717, 1.165) is 45.3 Å². The Morgan fingerprint density at radius 1 is 0.479 bits per heavy atom. The molecule has 10 nitrogen and oxygen atoms in total. The van der Waals surface area contributed by atoms with Gasteiger partial charge in [0.1, 0.15) is 11.4 Å². The fourth-order valence-electron chi connectivity index (χ4n) is 9.29. The molecule has 0 radical (unpaired) electrons. The fraction of sp³-hybridized carbons (Fsp3) is 0.538. The monoisotopic (exact) mass is 1620 g/mol. The van der Waals surface area contributed by atoms with Gasteiger partial charge in [-0.2, -0.15) is 10.5 Å². The van der Waals surface area contributed by atoms with Gasteiger partial charge in [-0.3, -0.25) is 15.0 Å². The molecular formula is C106H166ClN7O3. The third-order valence-electron chi connectivity index (χ3n) is 16.4. The summed E-state index contributed by atoms with van der Waals surface area (Å²) >= 11 is 5.53. The number of rotatable bonds is 7. The van der Waals surface area contributed by atoms with Crippen molar-refractivity contribution in [3.63, 3.8) is 0 Å². The van der Waals surface area contributed by atoms with Crippen molar-refractivity contribution in [1.29, 1.82) is 10.5 Å². The lowest BCUT2D eigenvalue weighted by Crippen LogP contribution is -2.37. The number of aliphatic hydroxyl groups excluding tert-OH is 2. The number of pyridine rings is 3. The van der Waals surface area contributed by atoms with E-state index in [1.165, 1.54) is 53.5 Å². The van der Waals surface area contributed by atoms with E-state index in [0.29, 0.717) is 21.7 Å². The summed E-state index contributed by atoms with van der Waals surface area (Å²) in [6, 6.07) is 58.3. The number of alkyl halides is 1. The minimum Gasteiger partial charge on any atom is -0.487 e. The highest BCUT2D eigenvalue weighted by atomic mass is 35.5. The van der Waals surface area contributed by atoms with Gasteiger partial charge in [-0.25, -0.2) is 0 Å². The third-order valence-corrected chi connectivity index (χ3v) is 16.4. The van der Waals surface area contributed by atoms with E-state index in [2.05, 4.69) is 332 Å². The van der Waals surface area contributed by atoms with E-state index < -0.39 is 0 Å². The molecule has 0 atom stereocenters. The van der Waals surface area contributed by atoms with Gasteiger partial charge in [0.05, 0.1) is 60.2 Å². The fourth-order valence-corrected chi connectivity index (χ4v) is 9.29. The molecule has 650 valence electrons. The molecule has 3 N–H and O–H groups in total. The van der Waals surface area contributed by atoms with Crippen molar-refractivity contribution >= 4 is 23.0 Å². The number of aryl methyl sites for hydroxylation is 1. The highest BCUT2D eigenvalue weighted by Crippen LogP contribution is 2.44. The number of aromatic nitrogens is 3. The number of nitriles is 2. The van der Waals surface area contributed by atoms with Gasteiger partial charge in [-0.15, -0.1) is 18.2 Å². The van der Waals surface area contributed by atoms with E-state index in [1.54, 1.807) is 24.8 Å². The molecule has 3 heterocycles. The van der Waals surface area contributed by atoms with Gasteiger partial charge in [-0.05, 0) is 258 Å². The van der Waals surface area contributed by atoms with Crippen LogP contribution in [0.4, 0.5) is 11.4 Å². The Balaban J connectivity index is -0.00000122. The quantitative estimate of drug-likeness (QED) is 0.104. The van der Waals surface area contributed by atoms with Crippen LogP contribution in [0.1, 0.15) is 326 Å². The van der Waals surface area contributed by atoms with Gasteiger partial charge in [0, 0.05) is 47.8 Å². The van der Waals surface area contributed by atoms with Gasteiger partial charge in [0.2, 0.25) is 0 Å². The third kappa shape index (κ3) is 66.5. The van der Waals surface area contributed by atoms with Crippen molar-refractivity contribution in [2.75, 3.05) is 17.3 Å². The average molecular weight is 1620 g/mol. The number of hydrogen-bond donors (Lipinski definition) is 3. The minimum absolute atomic E-state index is 0.0278. The molecule has 5 aromatic carbocycles. The Labute approximate surface area is 723 Å². The van der Waals surface area contributed by atoms with Crippen LogP contribution in [0, 0.1) is 50.2 Å². The number of nitrogens with one attached hydrogen (secondary N) is 1. The number of allylic oxidation sites excluding steroid dienone is 1. The maximum atomic E-state index is 9.08. The summed E-state index contributed by atoms with van der Waals surface area (Å²) in [4.78, 5) is 14.2. The highest BCUT2D eigenvalue weighted by molar-refractivity contribution is 6.23. The average Bonchev–Trinajstić information content (AvgIpc) is 1.50. The molecule has 0 unspecified atom stereocenters. The van der Waals surface area contributed by atoms with Gasteiger partial charge in [0.25, 0.3) is 0 Å². The lowest BCUT2D eigenvalue weighted by Gasteiger charge is -2.33. The lowest BCUT2D eigenvalue weighted by molar-refractivity contribution is 0.130. The number of nitrogens with zero attached hydrogens (tertiary/aromatic N) is 6. The first-order valence-corrected chi connectivity index (χ1v) is 42.1. The molecule has 11 heteroatoms. The molecular weight excluding hydrogens is 1450 g/mol. The molecule has 0 amide bonds. The van der Waals surface area contributed by atoms with Crippen LogP contribution in [0.15, 0.2) is 214 Å². The number of benzene rings is 5. The second-order valence-corrected chi connectivity index (χ2v) is 44.0. The van der Waals surface area contributed by atoms with Crippen LogP contribution < -0.4 is 15.0 Å². The molecule has 1 saturated carbocycles. The smallest absolute Gasteiger partial charge is 0.138 e. The Hall–Kier alpha value is -8.12. The van der Waals surface area contributed by atoms with Crippen molar-refractivity contribution < 1.29 is 14.9 Å². The number of aliphatic hydroxyl groups is 2. The number of halogens is 1. The Bertz CT molecular complexity index is 3820. The maximum Gasteiger partial charge on any atom is 0.138 e. The maximum absolute atomic E-state index is 9.08. The van der Waals surface area contributed by atoms with Crippen molar-refractivity contribution in [1.82, 2.24) is 15.0 Å². The van der Waals surface area contributed by atoms with Gasteiger partial charge < -0.3 is 25.2 Å². The van der Waals surface area contributed by atoms with E-state index in [4.69, 9.17) is 37.1 Å². The van der Waals surface area contributed by atoms with E-state index in [9.17, 15) is 0 Å². The summed E-state index contributed by atoms with van der Waals surface area (Å²) in [6.07, 6.45) is 18.1. The molecule has 8 aromatic rings. The van der Waals surface area contributed by atoms with E-state index in [1.807, 2.05) is 157 Å². The second-order valence-electron chi connectivity index (χ2n) is 42.8. The van der Waals surface area contributed by atoms with Crippen LogP contribution in [-0.4, -0.2) is 53.8 Å². The molecule has 9 rings (SSSR count). The van der Waals surface area contributed by atoms with Crippen LogP contribution in [0.25, 0.3) is 0 Å². The standard InChI is InChI=1S/C12H18.2C11H13N.2C11H16O.C10H16N2.C9H14N2.C9H13NO.C7H14.C6H12.C5H12.C4H9Cl/c1-12(2,3)10-9-11-7-5-4-6-8-11;2*1-11(2,3)10-6-4-5-9(7-10)8-12;1-11(2,3)10-6-4-9(8-12)5-7-10;1-11(2,3)10-7-5-4-6-9(10)8-12;1-10(2,3)12(4)9-6-5-7-11-8-9;2*1-9(2,3)11-8-5-4-6-10-7-8;1-7(2,3)6-4-5-6;1-5-6(2,3)4;1-5(2,3)4;1-4(2,3)5/h4-8H,9-10H2,1-3H3;2*4-7H,1-3H3;2*4-7,12H,8H2,1-3H3;5-8H,1-4H3;4-7,11H,1-3H3;4-7H,1-3H3;6H,4-5H2,1-3H3;5H,1H2,2-4H3;1-4H3;1-3H3. The van der Waals surface area contributed by atoms with Crippen LogP contribution >= 0.6 is 11.6 Å². The van der Waals surface area contributed by atoms with Gasteiger partial charge in [-0.1, -0.05) is 282 Å². The predicted octanol–water partition coefficient (Wildman–Crippen LogP) is 29.9. The first-order chi connectivity index (χ1) is 53.1. The van der Waals surface area contributed by atoms with Crippen LogP contribution in [0.3, 0.4) is 0 Å². The Morgan fingerprint density at radius 2 is 0.889 bits per heavy atom. The zero-order valence-corrected chi connectivity index (χ0v) is 81.8. The van der Waals surface area contributed by atoms with Crippen LogP contribution in [0.2, 0.25) is 0 Å². The van der Waals surface area contributed by atoms with Crippen LogP contribution in [0.5, 0.6) is 5.75 Å². The largest absolute Gasteiger partial charge is 0.487 e. The molecule has 0 spiro atoms. The summed E-state index contributed by atoms with van der Waals surface area (Å²) in [6.45, 7) is 83.5. The molecule has 1 aliphatic carbocycles. The Kier molecular flexibility index (Phi) is 50.9. The zero-order valence-electron chi connectivity index (χ0n) is 81.0. The SMILES string of the molecule is C=CC(C)(C)C.CC(C)(C)C.CC(C)(C)C1CC1.CC(C)(C)CCc1ccccc1.CC(C)(C)Cl.CC(C)(C)Nc1cccnc1.CC(C)(C)Oc1cccnc1.CC(C)(C)c1ccc(CO)cc1.CC(C)(C)c1cccc(C#N)c1.CC(C)(C)c1cccc(C#N)c1.CC(C)(C)c1ccccc1CO.CN(c1cccnc1)C(C)(C)C. The number of anilines is 2. The van der Waals surface area contributed by atoms with E-state index >= 15 is 0 Å². The molecule has 0 bridgehead atoms. The predicted molar refractivity (Wildman–Crippen MR) is 513 cm³/mol. The first kappa shape index (κ1) is 113. The first-order valence-electron chi connectivity index (χ1n) is 41.8. The highest BCUT2D eigenvalue weighted by Gasteiger charge is 2.33. The Morgan fingerprint density at radius 3 is 1.18 bits per heavy atom. The molecule has 0 saturated heterocycles. The normalized spacial score (nSPS) is 12.0. The van der Waals surface area contributed by atoms with Gasteiger partial charge in [0.15, 0.2) is 0 Å². The molecule has 1 aliphatic rings.